The van der Waals surface area contributed by atoms with Crippen molar-refractivity contribution in [2.24, 2.45) is 7.05 Å². The van der Waals surface area contributed by atoms with E-state index in [0.29, 0.717) is 57.7 Å². The zero-order chi connectivity index (χ0) is 26.2. The van der Waals surface area contributed by atoms with Gasteiger partial charge in [-0.2, -0.15) is 18.3 Å². The van der Waals surface area contributed by atoms with Crippen LogP contribution in [0.2, 0.25) is 5.02 Å². The molecule has 3 aromatic rings. The molecule has 192 valence electrons. The van der Waals surface area contributed by atoms with Crippen LogP contribution in [0.15, 0.2) is 24.4 Å². The van der Waals surface area contributed by atoms with E-state index in [1.165, 1.54) is 20.4 Å². The van der Waals surface area contributed by atoms with Crippen molar-refractivity contribution in [3.63, 3.8) is 0 Å². The van der Waals surface area contributed by atoms with Crippen LogP contribution in [0, 0.1) is 6.92 Å². The molecule has 2 atom stereocenters. The first-order valence-electron chi connectivity index (χ1n) is 11.2. The highest BCUT2D eigenvalue weighted by Gasteiger charge is 2.37. The second-order valence-electron chi connectivity index (χ2n) is 8.59. The van der Waals surface area contributed by atoms with Crippen LogP contribution in [-0.2, 0) is 18.0 Å². The maximum Gasteiger partial charge on any atom is 0.451 e. The lowest BCUT2D eigenvalue weighted by Crippen LogP contribution is -2.34. The van der Waals surface area contributed by atoms with Crippen LogP contribution in [0.4, 0.5) is 19.0 Å². The Balaban J connectivity index is 1.42. The number of nitrogens with zero attached hydrogens (tertiary/aromatic N) is 6. The molecule has 9 nitrogen and oxygen atoms in total. The number of aryl methyl sites for hydroxylation is 2. The molecular weight excluding hydrogens is 499 g/mol. The maximum absolute atomic E-state index is 13.1. The molecule has 0 aromatic carbocycles. The fourth-order valence-electron chi connectivity index (χ4n) is 4.19. The number of nitrogens with one attached hydrogen (secondary N) is 1. The van der Waals surface area contributed by atoms with Crippen molar-refractivity contribution in [3.05, 3.63) is 46.5 Å². The van der Waals surface area contributed by atoms with Gasteiger partial charge in [-0.1, -0.05) is 11.6 Å². The second kappa shape index (κ2) is 9.92. The number of methoxy groups -OCH3 is 1. The van der Waals surface area contributed by atoms with Crippen LogP contribution < -0.4 is 10.1 Å². The predicted molar refractivity (Wildman–Crippen MR) is 127 cm³/mol. The van der Waals surface area contributed by atoms with Crippen LogP contribution in [0.5, 0.6) is 5.88 Å². The van der Waals surface area contributed by atoms with E-state index in [-0.39, 0.29) is 17.8 Å². The molecule has 0 saturated carbocycles. The summed E-state index contributed by atoms with van der Waals surface area (Å²) in [4.78, 5) is 27.0. The fraction of sp³-hybridized carbons (Fsp3) is 0.435. The minimum atomic E-state index is -4.60. The van der Waals surface area contributed by atoms with E-state index in [9.17, 15) is 18.0 Å². The molecule has 36 heavy (non-hydrogen) atoms. The molecule has 0 spiro atoms. The summed E-state index contributed by atoms with van der Waals surface area (Å²) >= 11 is 6.26. The Morgan fingerprint density at radius 1 is 1.31 bits per heavy atom. The lowest BCUT2D eigenvalue weighted by Gasteiger charge is -2.22. The van der Waals surface area contributed by atoms with Crippen molar-refractivity contribution in [1.82, 2.24) is 29.6 Å². The molecule has 1 amide bonds. The maximum atomic E-state index is 13.1. The molecule has 3 aromatic heterocycles. The molecule has 1 unspecified atom stereocenters. The number of rotatable bonds is 6. The Kier molecular flexibility index (Phi) is 7.07. The first kappa shape index (κ1) is 25.7. The Hall–Kier alpha value is -3.41. The number of carbonyl (C=O) groups excluding carboxylic acids is 1. The number of aromatic nitrogens is 5. The number of hydrogen-bond donors (Lipinski definition) is 1. The Bertz CT molecular complexity index is 1280. The van der Waals surface area contributed by atoms with Gasteiger partial charge < -0.3 is 15.0 Å². The summed E-state index contributed by atoms with van der Waals surface area (Å²) in [5, 5.41) is 7.59. The third-order valence-corrected chi connectivity index (χ3v) is 6.42. The normalized spacial score (nSPS) is 16.8. The number of anilines is 1. The number of ether oxygens (including phenoxy) is 1. The van der Waals surface area contributed by atoms with Crippen molar-refractivity contribution in [1.29, 1.82) is 0 Å². The minimum absolute atomic E-state index is 0.0360. The number of carbonyl (C=O) groups is 1. The number of hydrogen-bond acceptors (Lipinski definition) is 7. The highest BCUT2D eigenvalue weighted by Crippen LogP contribution is 2.31. The van der Waals surface area contributed by atoms with Crippen molar-refractivity contribution in [2.45, 2.75) is 38.4 Å². The summed E-state index contributed by atoms with van der Waals surface area (Å²) in [5.74, 6) is -0.709. The van der Waals surface area contributed by atoms with Crippen LogP contribution >= 0.6 is 11.6 Å². The first-order chi connectivity index (χ1) is 17.0. The molecule has 0 radical (unpaired) electrons. The third kappa shape index (κ3) is 5.23. The zero-order valence-corrected chi connectivity index (χ0v) is 20.9. The third-order valence-electron chi connectivity index (χ3n) is 6.10. The van der Waals surface area contributed by atoms with E-state index in [1.807, 2.05) is 0 Å². The van der Waals surface area contributed by atoms with E-state index in [0.717, 1.165) is 0 Å². The smallest absolute Gasteiger partial charge is 0.451 e. The first-order valence-corrected chi connectivity index (χ1v) is 11.6. The van der Waals surface area contributed by atoms with Gasteiger partial charge in [0.15, 0.2) is 5.82 Å². The number of amides is 1. The highest BCUT2D eigenvalue weighted by atomic mass is 35.5. The zero-order valence-electron chi connectivity index (χ0n) is 20.1. The van der Waals surface area contributed by atoms with Gasteiger partial charge in [0.1, 0.15) is 5.82 Å². The van der Waals surface area contributed by atoms with E-state index < -0.39 is 17.9 Å². The molecule has 13 heteroatoms. The molecule has 1 saturated heterocycles. The summed E-state index contributed by atoms with van der Waals surface area (Å²) in [6.45, 7) is 4.52. The molecule has 4 rings (SSSR count). The van der Waals surface area contributed by atoms with Gasteiger partial charge in [-0.25, -0.2) is 19.6 Å². The summed E-state index contributed by atoms with van der Waals surface area (Å²) in [5.41, 5.74) is 1.54. The average molecular weight is 524 g/mol. The van der Waals surface area contributed by atoms with Crippen LogP contribution in [0.25, 0.3) is 11.4 Å². The van der Waals surface area contributed by atoms with E-state index in [1.54, 1.807) is 36.9 Å². The Labute approximate surface area is 210 Å². The molecule has 1 fully saturated rings. The molecule has 1 N–H and O–H groups in total. The number of likely N-dealkylation sites (tertiary alicyclic amines) is 1. The standard InChI is InChI=1S/C23H25ClF3N7O2/c1-12(16-9-19(36-4)28-10-17(16)24)21(35)34-8-7-14(11-34)30-18-6-5-15(13(2)29-18)20-31-22(23(25,26)27)33(3)32-20/h5-6,9-10,12,14H,7-8,11H2,1-4H3,(H,29,30)/t12?,14-/m0/s1. The van der Waals surface area contributed by atoms with Crippen molar-refractivity contribution >= 4 is 23.3 Å². The van der Waals surface area contributed by atoms with Crippen molar-refractivity contribution < 1.29 is 22.7 Å². The van der Waals surface area contributed by atoms with Gasteiger partial charge in [0.2, 0.25) is 17.6 Å². The monoisotopic (exact) mass is 523 g/mol. The topological polar surface area (TPSA) is 98.1 Å². The number of halogens is 4. The van der Waals surface area contributed by atoms with Crippen LogP contribution in [-0.4, -0.2) is 61.8 Å². The summed E-state index contributed by atoms with van der Waals surface area (Å²) in [7, 11) is 2.70. The van der Waals surface area contributed by atoms with Gasteiger partial charge >= 0.3 is 6.18 Å². The van der Waals surface area contributed by atoms with Crippen molar-refractivity contribution in [2.75, 3.05) is 25.5 Å². The SMILES string of the molecule is COc1cc(C(C)C(=O)N2CC[C@H](Nc3ccc(-c4nc(C(F)(F)F)n(C)n4)c(C)n3)C2)c(Cl)cn1. The van der Waals surface area contributed by atoms with Gasteiger partial charge in [-0.3, -0.25) is 4.79 Å². The molecule has 1 aliphatic rings. The molecule has 1 aliphatic heterocycles. The van der Waals surface area contributed by atoms with Crippen LogP contribution in [0.3, 0.4) is 0 Å². The van der Waals surface area contributed by atoms with Crippen molar-refractivity contribution in [3.8, 4) is 17.3 Å². The van der Waals surface area contributed by atoms with Gasteiger partial charge in [-0.15, -0.1) is 0 Å². The number of pyridine rings is 2. The highest BCUT2D eigenvalue weighted by molar-refractivity contribution is 6.31. The van der Waals surface area contributed by atoms with E-state index >= 15 is 0 Å². The molecule has 4 heterocycles. The fourth-order valence-corrected chi connectivity index (χ4v) is 4.46. The summed E-state index contributed by atoms with van der Waals surface area (Å²) in [6, 6.07) is 4.94. The predicted octanol–water partition coefficient (Wildman–Crippen LogP) is 4.08. The Morgan fingerprint density at radius 2 is 2.06 bits per heavy atom. The minimum Gasteiger partial charge on any atom is -0.481 e. The largest absolute Gasteiger partial charge is 0.481 e. The molecular formula is C23H25ClF3N7O2. The molecule has 0 bridgehead atoms. The van der Waals surface area contributed by atoms with Gasteiger partial charge in [0.05, 0.1) is 23.7 Å². The van der Waals surface area contributed by atoms with E-state index in [2.05, 4.69) is 25.4 Å². The van der Waals surface area contributed by atoms with Crippen LogP contribution in [0.1, 0.15) is 36.3 Å². The van der Waals surface area contributed by atoms with Gasteiger partial charge in [0.25, 0.3) is 0 Å². The van der Waals surface area contributed by atoms with Gasteiger partial charge in [-0.05, 0) is 38.0 Å². The molecule has 0 aliphatic carbocycles. The van der Waals surface area contributed by atoms with Gasteiger partial charge in [0, 0.05) is 44.0 Å². The number of alkyl halides is 3. The summed E-state index contributed by atoms with van der Waals surface area (Å²) < 4.78 is 45.1. The Morgan fingerprint density at radius 3 is 2.69 bits per heavy atom. The lowest BCUT2D eigenvalue weighted by molar-refractivity contribution is -0.147. The average Bonchev–Trinajstić information content (AvgIpc) is 3.45. The lowest BCUT2D eigenvalue weighted by atomic mass is 10.0. The quantitative estimate of drug-likeness (QED) is 0.520. The summed E-state index contributed by atoms with van der Waals surface area (Å²) in [6.07, 6.45) is -2.41. The second-order valence-corrected chi connectivity index (χ2v) is 9.00. The van der Waals surface area contributed by atoms with E-state index in [4.69, 9.17) is 16.3 Å².